The number of anilines is 1. The Balaban J connectivity index is 2.12. The van der Waals surface area contributed by atoms with Crippen LogP contribution in [0.2, 0.25) is 0 Å². The summed E-state index contributed by atoms with van der Waals surface area (Å²) in [6.07, 6.45) is 1.59. The molecule has 0 saturated carbocycles. The number of carbonyl (C=O) groups excluding carboxylic acids is 2. The van der Waals surface area contributed by atoms with E-state index in [4.69, 9.17) is 11.6 Å². The van der Waals surface area contributed by atoms with E-state index in [9.17, 15) is 9.59 Å². The highest BCUT2D eigenvalue weighted by Gasteiger charge is 2.57. The molecule has 2 unspecified atom stereocenters. The number of amides is 2. The SMILES string of the molecule is C=C(C)C1N(CCCCl)C(=O)CCC12C(=O)Nc1ccccc12. The van der Waals surface area contributed by atoms with E-state index >= 15 is 0 Å². The molecule has 1 aromatic rings. The van der Waals surface area contributed by atoms with E-state index in [1.807, 2.05) is 31.2 Å². The van der Waals surface area contributed by atoms with Crippen molar-refractivity contribution in [2.75, 3.05) is 17.7 Å². The van der Waals surface area contributed by atoms with Crippen molar-refractivity contribution in [3.05, 3.63) is 42.0 Å². The molecular weight excluding hydrogens is 312 g/mol. The van der Waals surface area contributed by atoms with Crippen LogP contribution in [0.5, 0.6) is 0 Å². The van der Waals surface area contributed by atoms with Gasteiger partial charge < -0.3 is 10.2 Å². The number of halogens is 1. The summed E-state index contributed by atoms with van der Waals surface area (Å²) < 4.78 is 0. The van der Waals surface area contributed by atoms with Crippen molar-refractivity contribution in [2.45, 2.75) is 37.6 Å². The highest BCUT2D eigenvalue weighted by atomic mass is 35.5. The molecule has 2 aliphatic heterocycles. The van der Waals surface area contributed by atoms with E-state index in [-0.39, 0.29) is 17.9 Å². The van der Waals surface area contributed by atoms with Crippen LogP contribution in [0.3, 0.4) is 0 Å². The van der Waals surface area contributed by atoms with Gasteiger partial charge in [-0.05, 0) is 31.4 Å². The van der Waals surface area contributed by atoms with E-state index in [0.717, 1.165) is 16.8 Å². The van der Waals surface area contributed by atoms with Crippen molar-refractivity contribution in [3.8, 4) is 0 Å². The lowest BCUT2D eigenvalue weighted by atomic mass is 9.66. The maximum atomic E-state index is 12.9. The van der Waals surface area contributed by atoms with Crippen LogP contribution in [0.15, 0.2) is 36.4 Å². The summed E-state index contributed by atoms with van der Waals surface area (Å²) in [4.78, 5) is 27.2. The van der Waals surface area contributed by atoms with Gasteiger partial charge in [0, 0.05) is 24.5 Å². The zero-order chi connectivity index (χ0) is 16.6. The number of hydrogen-bond donors (Lipinski definition) is 1. The molecule has 5 heteroatoms. The highest BCUT2D eigenvalue weighted by Crippen LogP contribution is 2.49. The lowest BCUT2D eigenvalue weighted by Crippen LogP contribution is -2.60. The quantitative estimate of drug-likeness (QED) is 0.680. The number of fused-ring (bicyclic) bond motifs is 2. The molecule has 1 saturated heterocycles. The molecule has 122 valence electrons. The number of rotatable bonds is 4. The summed E-state index contributed by atoms with van der Waals surface area (Å²) in [5, 5.41) is 2.99. The van der Waals surface area contributed by atoms with Crippen molar-refractivity contribution in [1.82, 2.24) is 4.90 Å². The van der Waals surface area contributed by atoms with Gasteiger partial charge in [-0.15, -0.1) is 11.6 Å². The fourth-order valence-corrected chi connectivity index (χ4v) is 4.14. The topological polar surface area (TPSA) is 49.4 Å². The lowest BCUT2D eigenvalue weighted by Gasteiger charge is -2.47. The van der Waals surface area contributed by atoms with Gasteiger partial charge in [-0.3, -0.25) is 9.59 Å². The van der Waals surface area contributed by atoms with E-state index in [1.54, 1.807) is 4.90 Å². The maximum Gasteiger partial charge on any atom is 0.237 e. The van der Waals surface area contributed by atoms with Crippen molar-refractivity contribution < 1.29 is 9.59 Å². The zero-order valence-corrected chi connectivity index (χ0v) is 14.0. The summed E-state index contributed by atoms with van der Waals surface area (Å²) in [7, 11) is 0. The molecule has 0 aliphatic carbocycles. The third-order valence-corrected chi connectivity index (χ3v) is 5.16. The second kappa shape index (κ2) is 6.00. The largest absolute Gasteiger partial charge is 0.335 e. The van der Waals surface area contributed by atoms with Gasteiger partial charge in [-0.2, -0.15) is 0 Å². The Morgan fingerprint density at radius 3 is 2.87 bits per heavy atom. The number of piperidine rings is 1. The van der Waals surface area contributed by atoms with Gasteiger partial charge in [0.25, 0.3) is 0 Å². The molecule has 4 nitrogen and oxygen atoms in total. The standard InChI is InChI=1S/C18H21ClN2O2/c1-12(2)16-18(9-8-15(22)21(16)11-5-10-19)13-6-3-4-7-14(13)20-17(18)23/h3-4,6-7,16H,1,5,8-11H2,2H3,(H,20,23). The van der Waals surface area contributed by atoms with Crippen LogP contribution in [0.25, 0.3) is 0 Å². The summed E-state index contributed by atoms with van der Waals surface area (Å²) in [6.45, 7) is 6.54. The maximum absolute atomic E-state index is 12.9. The third-order valence-electron chi connectivity index (χ3n) is 4.89. The monoisotopic (exact) mass is 332 g/mol. The minimum atomic E-state index is -0.733. The zero-order valence-electron chi connectivity index (χ0n) is 13.3. The lowest BCUT2D eigenvalue weighted by molar-refractivity contribution is -0.141. The number of hydrogen-bond acceptors (Lipinski definition) is 2. The Bertz CT molecular complexity index is 673. The minimum absolute atomic E-state index is 0.0323. The normalized spacial score (nSPS) is 26.3. The summed E-state index contributed by atoms with van der Waals surface area (Å²) in [6, 6.07) is 7.43. The number of benzene rings is 1. The van der Waals surface area contributed by atoms with Gasteiger partial charge in [-0.25, -0.2) is 0 Å². The van der Waals surface area contributed by atoms with Crippen LogP contribution >= 0.6 is 11.6 Å². The number of likely N-dealkylation sites (tertiary alicyclic amines) is 1. The predicted octanol–water partition coefficient (Wildman–Crippen LogP) is 3.07. The fraction of sp³-hybridized carbons (Fsp3) is 0.444. The Hall–Kier alpha value is -1.81. The molecule has 0 bridgehead atoms. The smallest absolute Gasteiger partial charge is 0.237 e. The summed E-state index contributed by atoms with van der Waals surface area (Å²) in [5.74, 6) is 0.531. The Morgan fingerprint density at radius 2 is 2.17 bits per heavy atom. The van der Waals surface area contributed by atoms with Crippen molar-refractivity contribution in [1.29, 1.82) is 0 Å². The van der Waals surface area contributed by atoms with E-state index in [1.165, 1.54) is 0 Å². The molecule has 1 spiro atoms. The van der Waals surface area contributed by atoms with Crippen LogP contribution in [0, 0.1) is 0 Å². The van der Waals surface area contributed by atoms with Crippen LogP contribution in [0.4, 0.5) is 5.69 Å². The number of para-hydroxylation sites is 1. The van der Waals surface area contributed by atoms with Gasteiger partial charge >= 0.3 is 0 Å². The molecule has 2 amide bonds. The van der Waals surface area contributed by atoms with Crippen molar-refractivity contribution in [3.63, 3.8) is 0 Å². The van der Waals surface area contributed by atoms with Gasteiger partial charge in [0.2, 0.25) is 11.8 Å². The molecule has 2 heterocycles. The minimum Gasteiger partial charge on any atom is -0.335 e. The Kier molecular flexibility index (Phi) is 4.19. The molecule has 1 N–H and O–H groups in total. The Labute approximate surface area is 141 Å². The summed E-state index contributed by atoms with van der Waals surface area (Å²) in [5.41, 5.74) is 1.92. The second-order valence-corrected chi connectivity index (χ2v) is 6.73. The third kappa shape index (κ3) is 2.36. The first-order chi connectivity index (χ1) is 11.0. The predicted molar refractivity (Wildman–Crippen MR) is 91.6 cm³/mol. The van der Waals surface area contributed by atoms with Gasteiger partial charge in [0.1, 0.15) is 5.41 Å². The molecule has 0 aromatic heterocycles. The van der Waals surface area contributed by atoms with Crippen molar-refractivity contribution in [2.24, 2.45) is 0 Å². The second-order valence-electron chi connectivity index (χ2n) is 6.35. The molecule has 1 fully saturated rings. The molecular formula is C18H21ClN2O2. The van der Waals surface area contributed by atoms with Crippen LogP contribution in [-0.2, 0) is 15.0 Å². The average molecular weight is 333 g/mol. The molecule has 23 heavy (non-hydrogen) atoms. The first kappa shape index (κ1) is 16.1. The first-order valence-electron chi connectivity index (χ1n) is 7.94. The van der Waals surface area contributed by atoms with Gasteiger partial charge in [0.05, 0.1) is 6.04 Å². The average Bonchev–Trinajstić information content (AvgIpc) is 2.80. The van der Waals surface area contributed by atoms with Crippen LogP contribution in [0.1, 0.15) is 31.7 Å². The number of nitrogens with zero attached hydrogens (tertiary/aromatic N) is 1. The number of nitrogens with one attached hydrogen (secondary N) is 1. The fourth-order valence-electron chi connectivity index (χ4n) is 4.02. The first-order valence-corrected chi connectivity index (χ1v) is 8.47. The summed E-state index contributed by atoms with van der Waals surface area (Å²) >= 11 is 5.82. The highest BCUT2D eigenvalue weighted by molar-refractivity contribution is 6.17. The van der Waals surface area contributed by atoms with E-state index < -0.39 is 5.41 Å². The molecule has 1 aromatic carbocycles. The molecule has 0 radical (unpaired) electrons. The number of alkyl halides is 1. The molecule has 2 aliphatic rings. The van der Waals surface area contributed by atoms with Crippen LogP contribution in [-0.4, -0.2) is 35.2 Å². The van der Waals surface area contributed by atoms with E-state index in [2.05, 4.69) is 11.9 Å². The van der Waals surface area contributed by atoms with Gasteiger partial charge in [0.15, 0.2) is 0 Å². The molecule has 2 atom stereocenters. The van der Waals surface area contributed by atoms with E-state index in [0.29, 0.717) is 31.7 Å². The molecule has 3 rings (SSSR count). The van der Waals surface area contributed by atoms with Gasteiger partial charge in [-0.1, -0.05) is 30.4 Å². The van der Waals surface area contributed by atoms with Crippen molar-refractivity contribution >= 4 is 29.1 Å². The number of carbonyl (C=O) groups is 2. The Morgan fingerprint density at radius 1 is 1.43 bits per heavy atom. The van der Waals surface area contributed by atoms with Crippen LogP contribution < -0.4 is 5.32 Å².